The largest absolute Gasteiger partial charge is 0.311 e. The molecular formula is C14H19N3O4S. The lowest BCUT2D eigenvalue weighted by Gasteiger charge is -2.34. The number of benzene rings is 1. The van der Waals surface area contributed by atoms with Crippen molar-refractivity contribution in [2.45, 2.75) is 48.7 Å². The third kappa shape index (κ3) is 2.73. The van der Waals surface area contributed by atoms with E-state index in [1.165, 1.54) is 22.5 Å². The summed E-state index contributed by atoms with van der Waals surface area (Å²) < 4.78 is 26.8. The molecule has 0 radical (unpaired) electrons. The summed E-state index contributed by atoms with van der Waals surface area (Å²) >= 11 is 0. The van der Waals surface area contributed by atoms with Crippen LogP contribution >= 0.6 is 0 Å². The second-order valence-electron chi connectivity index (χ2n) is 6.04. The van der Waals surface area contributed by atoms with Crippen LogP contribution in [0.3, 0.4) is 0 Å². The van der Waals surface area contributed by atoms with Gasteiger partial charge in [-0.15, -0.1) is 0 Å². The fourth-order valence-electron chi connectivity index (χ4n) is 3.44. The van der Waals surface area contributed by atoms with Crippen LogP contribution in [0, 0.1) is 10.1 Å². The Labute approximate surface area is 129 Å². The van der Waals surface area contributed by atoms with Gasteiger partial charge in [0, 0.05) is 37.3 Å². The van der Waals surface area contributed by atoms with Crippen LogP contribution < -0.4 is 5.32 Å². The summed E-state index contributed by atoms with van der Waals surface area (Å²) in [5.41, 5.74) is -0.208. The van der Waals surface area contributed by atoms with Crippen LogP contribution in [0.25, 0.3) is 0 Å². The Morgan fingerprint density at radius 3 is 2.50 bits per heavy atom. The molecule has 0 spiro atoms. The van der Waals surface area contributed by atoms with Crippen molar-refractivity contribution in [3.05, 3.63) is 34.4 Å². The van der Waals surface area contributed by atoms with E-state index in [1.807, 2.05) is 0 Å². The molecule has 8 heteroatoms. The van der Waals surface area contributed by atoms with E-state index in [4.69, 9.17) is 0 Å². The maximum absolute atomic E-state index is 12.7. The van der Waals surface area contributed by atoms with Crippen LogP contribution in [0.5, 0.6) is 0 Å². The van der Waals surface area contributed by atoms with E-state index in [0.29, 0.717) is 12.1 Å². The fourth-order valence-corrected chi connectivity index (χ4v) is 4.86. The Hall–Kier alpha value is -1.51. The Morgan fingerprint density at radius 1 is 1.27 bits per heavy atom. The maximum atomic E-state index is 12.7. The summed E-state index contributed by atoms with van der Waals surface area (Å²) in [7, 11) is -2.14. The van der Waals surface area contributed by atoms with Crippen molar-refractivity contribution >= 4 is 15.7 Å². The molecule has 2 aliphatic heterocycles. The third-order valence-electron chi connectivity index (χ3n) is 4.67. The Balaban J connectivity index is 1.86. The zero-order valence-electron chi connectivity index (χ0n) is 12.3. The SMILES string of the molecule is CN(C1CC2CCC(C1)N2)S(=O)(=O)c1cccc([N+](=O)[O-])c1. The number of hydrogen-bond donors (Lipinski definition) is 1. The molecule has 2 aliphatic rings. The van der Waals surface area contributed by atoms with Gasteiger partial charge in [0.15, 0.2) is 0 Å². The molecule has 1 aromatic rings. The molecule has 2 heterocycles. The number of non-ortho nitro benzene ring substituents is 1. The lowest BCUT2D eigenvalue weighted by Crippen LogP contribution is -2.48. The molecule has 0 aliphatic carbocycles. The topological polar surface area (TPSA) is 92.6 Å². The lowest BCUT2D eigenvalue weighted by molar-refractivity contribution is -0.385. The standard InChI is InChI=1S/C14H19N3O4S/c1-16(13-7-10-5-6-11(8-13)15-10)22(20,21)14-4-2-3-12(9-14)17(18)19/h2-4,9-11,13,15H,5-8H2,1H3. The number of piperidine rings is 1. The second kappa shape index (κ2) is 5.60. The fraction of sp³-hybridized carbons (Fsp3) is 0.571. The number of nitrogens with zero attached hydrogens (tertiary/aromatic N) is 2. The van der Waals surface area contributed by atoms with Crippen LogP contribution in [-0.4, -0.2) is 42.8 Å². The van der Waals surface area contributed by atoms with Crippen molar-refractivity contribution in [1.29, 1.82) is 0 Å². The van der Waals surface area contributed by atoms with Gasteiger partial charge in [-0.3, -0.25) is 10.1 Å². The summed E-state index contributed by atoms with van der Waals surface area (Å²) in [5, 5.41) is 14.3. The van der Waals surface area contributed by atoms with Crippen LogP contribution in [0.15, 0.2) is 29.2 Å². The minimum absolute atomic E-state index is 0.0184. The van der Waals surface area contributed by atoms with E-state index < -0.39 is 14.9 Å². The number of nitrogens with one attached hydrogen (secondary N) is 1. The minimum Gasteiger partial charge on any atom is -0.311 e. The first kappa shape index (κ1) is 15.4. The number of sulfonamides is 1. The van der Waals surface area contributed by atoms with Gasteiger partial charge in [0.05, 0.1) is 9.82 Å². The molecule has 2 fully saturated rings. The van der Waals surface area contributed by atoms with Crippen LogP contribution in [0.2, 0.25) is 0 Å². The van der Waals surface area contributed by atoms with E-state index in [9.17, 15) is 18.5 Å². The molecule has 2 unspecified atom stereocenters. The van der Waals surface area contributed by atoms with E-state index in [-0.39, 0.29) is 16.6 Å². The summed E-state index contributed by atoms with van der Waals surface area (Å²) in [5.74, 6) is 0. The van der Waals surface area contributed by atoms with Gasteiger partial charge >= 0.3 is 0 Å². The van der Waals surface area contributed by atoms with Crippen LogP contribution in [0.1, 0.15) is 25.7 Å². The number of hydrogen-bond acceptors (Lipinski definition) is 5. The number of fused-ring (bicyclic) bond motifs is 2. The van der Waals surface area contributed by atoms with Crippen molar-refractivity contribution in [3.8, 4) is 0 Å². The Morgan fingerprint density at radius 2 is 1.91 bits per heavy atom. The molecular weight excluding hydrogens is 306 g/mol. The molecule has 1 aromatic carbocycles. The maximum Gasteiger partial charge on any atom is 0.270 e. The average molecular weight is 325 g/mol. The highest BCUT2D eigenvalue weighted by Crippen LogP contribution is 2.32. The van der Waals surface area contributed by atoms with Crippen molar-refractivity contribution in [2.75, 3.05) is 7.05 Å². The molecule has 2 atom stereocenters. The highest BCUT2D eigenvalue weighted by atomic mass is 32.2. The molecule has 0 saturated carbocycles. The molecule has 2 bridgehead atoms. The van der Waals surface area contributed by atoms with Gasteiger partial charge in [0.25, 0.3) is 5.69 Å². The molecule has 120 valence electrons. The summed E-state index contributed by atoms with van der Waals surface area (Å²) in [6.45, 7) is 0. The number of nitro benzene ring substituents is 1. The first-order valence-corrected chi connectivity index (χ1v) is 8.80. The van der Waals surface area contributed by atoms with Crippen molar-refractivity contribution in [3.63, 3.8) is 0 Å². The molecule has 7 nitrogen and oxygen atoms in total. The average Bonchev–Trinajstić information content (AvgIpc) is 2.84. The van der Waals surface area contributed by atoms with Crippen LogP contribution in [0.4, 0.5) is 5.69 Å². The summed E-state index contributed by atoms with van der Waals surface area (Å²) in [6.07, 6.45) is 3.76. The second-order valence-corrected chi connectivity index (χ2v) is 8.04. The predicted octanol–water partition coefficient (Wildman–Crippen LogP) is 1.50. The highest BCUT2D eigenvalue weighted by Gasteiger charge is 2.39. The molecule has 2 saturated heterocycles. The molecule has 1 N–H and O–H groups in total. The first-order chi connectivity index (χ1) is 10.4. The quantitative estimate of drug-likeness (QED) is 0.669. The lowest BCUT2D eigenvalue weighted by atomic mass is 10.0. The van der Waals surface area contributed by atoms with Gasteiger partial charge in [0.1, 0.15) is 0 Å². The van der Waals surface area contributed by atoms with E-state index in [2.05, 4.69) is 5.32 Å². The van der Waals surface area contributed by atoms with Gasteiger partial charge in [-0.05, 0) is 31.7 Å². The van der Waals surface area contributed by atoms with Crippen molar-refractivity contribution in [2.24, 2.45) is 0 Å². The number of rotatable bonds is 4. The number of nitro groups is 1. The van der Waals surface area contributed by atoms with Gasteiger partial charge in [-0.1, -0.05) is 6.07 Å². The van der Waals surface area contributed by atoms with Crippen molar-refractivity contribution in [1.82, 2.24) is 9.62 Å². The minimum atomic E-state index is -3.71. The normalized spacial score (nSPS) is 28.0. The zero-order chi connectivity index (χ0) is 15.9. The Kier molecular flexibility index (Phi) is 3.92. The van der Waals surface area contributed by atoms with E-state index in [0.717, 1.165) is 31.7 Å². The van der Waals surface area contributed by atoms with E-state index >= 15 is 0 Å². The van der Waals surface area contributed by atoms with Gasteiger partial charge < -0.3 is 5.32 Å². The highest BCUT2D eigenvalue weighted by molar-refractivity contribution is 7.89. The zero-order valence-corrected chi connectivity index (χ0v) is 13.1. The monoisotopic (exact) mass is 325 g/mol. The molecule has 0 amide bonds. The Bertz CT molecular complexity index is 679. The van der Waals surface area contributed by atoms with Crippen LogP contribution in [-0.2, 0) is 10.0 Å². The molecule has 0 aromatic heterocycles. The van der Waals surface area contributed by atoms with E-state index in [1.54, 1.807) is 7.05 Å². The van der Waals surface area contributed by atoms with Crippen molar-refractivity contribution < 1.29 is 13.3 Å². The smallest absolute Gasteiger partial charge is 0.270 e. The third-order valence-corrected chi connectivity index (χ3v) is 6.57. The molecule has 3 rings (SSSR count). The van der Waals surface area contributed by atoms with Gasteiger partial charge in [0.2, 0.25) is 10.0 Å². The summed E-state index contributed by atoms with van der Waals surface area (Å²) in [6, 6.07) is 5.95. The molecule has 22 heavy (non-hydrogen) atoms. The predicted molar refractivity (Wildman–Crippen MR) is 81.0 cm³/mol. The summed E-state index contributed by atoms with van der Waals surface area (Å²) in [4.78, 5) is 10.2. The first-order valence-electron chi connectivity index (χ1n) is 7.36. The van der Waals surface area contributed by atoms with Gasteiger partial charge in [-0.25, -0.2) is 8.42 Å². The van der Waals surface area contributed by atoms with Gasteiger partial charge in [-0.2, -0.15) is 4.31 Å².